The Labute approximate surface area is 222 Å². The lowest BCUT2D eigenvalue weighted by molar-refractivity contribution is -0.134. The molecule has 8 heteroatoms. The summed E-state index contributed by atoms with van der Waals surface area (Å²) in [7, 11) is 0. The molecule has 5 rings (SSSR count). The molecule has 198 valence electrons. The van der Waals surface area contributed by atoms with Crippen molar-refractivity contribution in [1.82, 2.24) is 15.2 Å². The topological polar surface area (TPSA) is 109 Å². The molecule has 0 spiro atoms. The third-order valence-electron chi connectivity index (χ3n) is 7.44. The number of piperidine rings is 2. The molecule has 2 aromatic carbocycles. The van der Waals surface area contributed by atoms with Gasteiger partial charge in [-0.1, -0.05) is 36.4 Å². The first-order chi connectivity index (χ1) is 18.0. The molecule has 2 aliphatic heterocycles. The number of fused-ring (bicyclic) bond motifs is 1. The van der Waals surface area contributed by atoms with Crippen molar-refractivity contribution in [3.63, 3.8) is 0 Å². The summed E-state index contributed by atoms with van der Waals surface area (Å²) >= 11 is 0. The molecule has 3 aromatic rings. The predicted molar refractivity (Wildman–Crippen MR) is 142 cm³/mol. The van der Waals surface area contributed by atoms with Crippen molar-refractivity contribution in [2.24, 2.45) is 0 Å². The van der Waals surface area contributed by atoms with Crippen LogP contribution in [0.15, 0.2) is 60.8 Å². The van der Waals surface area contributed by atoms with Gasteiger partial charge in [0, 0.05) is 37.0 Å². The molecule has 3 atom stereocenters. The van der Waals surface area contributed by atoms with Crippen molar-refractivity contribution in [3.8, 4) is 0 Å². The van der Waals surface area contributed by atoms with E-state index in [0.29, 0.717) is 32.4 Å². The summed E-state index contributed by atoms with van der Waals surface area (Å²) in [6, 6.07) is 17.3. The summed E-state index contributed by atoms with van der Waals surface area (Å²) in [5, 5.41) is 15.4. The minimum Gasteiger partial charge on any atom is -0.444 e. The summed E-state index contributed by atoms with van der Waals surface area (Å²) < 4.78 is 5.62. The number of amides is 3. The second kappa shape index (κ2) is 9.83. The monoisotopic (exact) mass is 515 g/mol. The highest BCUT2D eigenvalue weighted by Gasteiger charge is 2.45. The molecule has 0 saturated carbocycles. The molecule has 0 radical (unpaired) electrons. The summed E-state index contributed by atoms with van der Waals surface area (Å²) in [6.07, 6.45) is 2.36. The van der Waals surface area contributed by atoms with Crippen LogP contribution in [0.2, 0.25) is 0 Å². The van der Waals surface area contributed by atoms with Gasteiger partial charge in [-0.3, -0.25) is 19.9 Å². The van der Waals surface area contributed by atoms with Gasteiger partial charge in [-0.15, -0.1) is 0 Å². The van der Waals surface area contributed by atoms with E-state index in [1.807, 2.05) is 75.4 Å². The van der Waals surface area contributed by atoms with Crippen LogP contribution in [0.4, 0.5) is 4.79 Å². The summed E-state index contributed by atoms with van der Waals surface area (Å²) in [5.74, 6) is -1.39. The van der Waals surface area contributed by atoms with Gasteiger partial charge in [-0.25, -0.2) is 4.79 Å². The Kier molecular flexibility index (Phi) is 6.69. The number of nitrogens with zero attached hydrogens (tertiary/aromatic N) is 2. The van der Waals surface area contributed by atoms with E-state index in [-0.39, 0.29) is 17.7 Å². The average molecular weight is 516 g/mol. The Morgan fingerprint density at radius 1 is 1.11 bits per heavy atom. The number of rotatable bonds is 3. The smallest absolute Gasteiger partial charge is 0.410 e. The Morgan fingerprint density at radius 3 is 2.58 bits per heavy atom. The zero-order chi connectivity index (χ0) is 27.1. The predicted octanol–water partition coefficient (Wildman–Crippen LogP) is 4.37. The molecule has 1 aromatic heterocycles. The molecule has 3 unspecified atom stereocenters. The van der Waals surface area contributed by atoms with Crippen LogP contribution in [0.5, 0.6) is 0 Å². The van der Waals surface area contributed by atoms with Crippen LogP contribution >= 0.6 is 0 Å². The van der Waals surface area contributed by atoms with Gasteiger partial charge in [0.2, 0.25) is 11.8 Å². The molecule has 2 N–H and O–H groups in total. The van der Waals surface area contributed by atoms with Crippen molar-refractivity contribution in [3.05, 3.63) is 77.5 Å². The van der Waals surface area contributed by atoms with Gasteiger partial charge in [0.25, 0.3) is 0 Å². The minimum atomic E-state index is -1.24. The largest absolute Gasteiger partial charge is 0.444 e. The number of pyridine rings is 1. The van der Waals surface area contributed by atoms with E-state index in [1.54, 1.807) is 11.1 Å². The highest BCUT2D eigenvalue weighted by molar-refractivity contribution is 6.01. The fourth-order valence-electron chi connectivity index (χ4n) is 5.47. The van der Waals surface area contributed by atoms with E-state index >= 15 is 0 Å². The maximum atomic E-state index is 12.9. The number of aliphatic hydroxyl groups is 1. The molecular weight excluding hydrogens is 482 g/mol. The highest BCUT2D eigenvalue weighted by Crippen LogP contribution is 2.44. The van der Waals surface area contributed by atoms with Crippen molar-refractivity contribution in [2.75, 3.05) is 13.1 Å². The zero-order valence-corrected chi connectivity index (χ0v) is 21.9. The molecule has 3 amide bonds. The number of likely N-dealkylation sites (tertiary alicyclic amines) is 1. The van der Waals surface area contributed by atoms with Crippen LogP contribution in [-0.2, 0) is 19.9 Å². The Balaban J connectivity index is 1.50. The molecule has 0 bridgehead atoms. The molecule has 2 saturated heterocycles. The van der Waals surface area contributed by atoms with Gasteiger partial charge in [-0.05, 0) is 68.5 Å². The molecule has 2 aliphatic rings. The van der Waals surface area contributed by atoms with Crippen LogP contribution < -0.4 is 5.32 Å². The summed E-state index contributed by atoms with van der Waals surface area (Å²) in [4.78, 5) is 43.2. The number of carbonyl (C=O) groups excluding carboxylic acids is 3. The lowest BCUT2D eigenvalue weighted by Gasteiger charge is -2.45. The molecule has 3 heterocycles. The number of benzene rings is 2. The highest BCUT2D eigenvalue weighted by atomic mass is 16.6. The Morgan fingerprint density at radius 2 is 1.87 bits per heavy atom. The fourth-order valence-corrected chi connectivity index (χ4v) is 5.47. The average Bonchev–Trinajstić information content (AvgIpc) is 2.88. The number of hydrogen-bond donors (Lipinski definition) is 2. The zero-order valence-electron chi connectivity index (χ0n) is 21.9. The van der Waals surface area contributed by atoms with Crippen molar-refractivity contribution < 1.29 is 24.2 Å². The summed E-state index contributed by atoms with van der Waals surface area (Å²) in [5.41, 5.74) is 1.29. The minimum absolute atomic E-state index is 0.255. The molecule has 8 nitrogen and oxygen atoms in total. The van der Waals surface area contributed by atoms with E-state index in [2.05, 4.69) is 10.3 Å². The van der Waals surface area contributed by atoms with Crippen LogP contribution in [-0.4, -0.2) is 51.6 Å². The maximum Gasteiger partial charge on any atom is 0.410 e. The van der Waals surface area contributed by atoms with Crippen molar-refractivity contribution >= 4 is 28.8 Å². The van der Waals surface area contributed by atoms with E-state index in [9.17, 15) is 19.5 Å². The SMILES string of the molecule is CC(C)(C)OC(=O)N1CCC(O)(c2ccc3ncc(C4CCC(=O)NC4=O)cc3c2)C(c2ccccc2)C1. The van der Waals surface area contributed by atoms with E-state index < -0.39 is 23.2 Å². The number of carbonyl (C=O) groups is 3. The lowest BCUT2D eigenvalue weighted by atomic mass is 9.72. The molecule has 2 fully saturated rings. The first-order valence-corrected chi connectivity index (χ1v) is 13.0. The van der Waals surface area contributed by atoms with Gasteiger partial charge in [-0.2, -0.15) is 0 Å². The normalized spacial score (nSPS) is 24.3. The van der Waals surface area contributed by atoms with Crippen LogP contribution in [0.25, 0.3) is 10.9 Å². The molecule has 38 heavy (non-hydrogen) atoms. The second-order valence-corrected chi connectivity index (χ2v) is 11.2. The van der Waals surface area contributed by atoms with E-state index in [4.69, 9.17) is 4.74 Å². The van der Waals surface area contributed by atoms with Crippen LogP contribution in [0, 0.1) is 0 Å². The first-order valence-electron chi connectivity index (χ1n) is 13.0. The van der Waals surface area contributed by atoms with Gasteiger partial charge in [0.15, 0.2) is 0 Å². The van der Waals surface area contributed by atoms with Gasteiger partial charge >= 0.3 is 6.09 Å². The number of imide groups is 1. The third kappa shape index (κ3) is 5.13. The number of hydrogen-bond acceptors (Lipinski definition) is 6. The van der Waals surface area contributed by atoms with Crippen molar-refractivity contribution in [2.45, 2.75) is 63.1 Å². The Hall–Kier alpha value is -3.78. The van der Waals surface area contributed by atoms with Crippen LogP contribution in [0.1, 0.15) is 68.6 Å². The Bertz CT molecular complexity index is 1380. The standard InChI is InChI=1S/C30H33N3O5/c1-29(2,3)38-28(36)33-14-13-30(37,24(18-33)19-7-5-4-6-8-19)22-9-11-25-20(16-22)15-21(17-31-25)23-10-12-26(34)32-27(23)35/h4-9,11,15-17,23-24,37H,10,12-14,18H2,1-3H3,(H,32,34,35). The van der Waals surface area contributed by atoms with Crippen LogP contribution in [0.3, 0.4) is 0 Å². The quantitative estimate of drug-likeness (QED) is 0.502. The van der Waals surface area contributed by atoms with E-state index in [0.717, 1.165) is 27.6 Å². The first kappa shape index (κ1) is 25.9. The molecular formula is C30H33N3O5. The van der Waals surface area contributed by atoms with Gasteiger partial charge in [0.1, 0.15) is 5.60 Å². The van der Waals surface area contributed by atoms with E-state index in [1.165, 1.54) is 0 Å². The van der Waals surface area contributed by atoms with Gasteiger partial charge < -0.3 is 14.7 Å². The van der Waals surface area contributed by atoms with Crippen molar-refractivity contribution in [1.29, 1.82) is 0 Å². The third-order valence-corrected chi connectivity index (χ3v) is 7.44. The molecule has 0 aliphatic carbocycles. The number of nitrogens with one attached hydrogen (secondary N) is 1. The van der Waals surface area contributed by atoms with Gasteiger partial charge in [0.05, 0.1) is 17.0 Å². The fraction of sp³-hybridized carbons (Fsp3) is 0.400. The number of ether oxygens (including phenoxy) is 1. The number of aromatic nitrogens is 1. The second-order valence-electron chi connectivity index (χ2n) is 11.2. The maximum absolute atomic E-state index is 12.9. The summed E-state index contributed by atoms with van der Waals surface area (Å²) in [6.45, 7) is 6.17. The lowest BCUT2D eigenvalue weighted by Crippen LogP contribution is -2.51.